The third kappa shape index (κ3) is 4.15. The number of aromatic nitrogens is 2. The molecule has 0 radical (unpaired) electrons. The number of aryl methyl sites for hydroxylation is 1. The number of rotatable bonds is 8. The van der Waals surface area contributed by atoms with Gasteiger partial charge in [0, 0.05) is 41.7 Å². The average Bonchev–Trinajstić information content (AvgIpc) is 3.37. The lowest BCUT2D eigenvalue weighted by Gasteiger charge is -2.14. The molecule has 2 aromatic carbocycles. The van der Waals surface area contributed by atoms with Crippen molar-refractivity contribution in [3.05, 3.63) is 66.0 Å². The van der Waals surface area contributed by atoms with Crippen LogP contribution in [0.2, 0.25) is 0 Å². The Kier molecular flexibility index (Phi) is 5.43. The molecule has 0 fully saturated rings. The molecule has 2 aromatic heterocycles. The molecule has 4 aromatic rings. The van der Waals surface area contributed by atoms with Crippen LogP contribution >= 0.6 is 0 Å². The van der Waals surface area contributed by atoms with Crippen molar-refractivity contribution in [1.29, 1.82) is 0 Å². The molecule has 30 heavy (non-hydrogen) atoms. The molecule has 7 heteroatoms. The molecule has 1 atom stereocenters. The third-order valence-corrected chi connectivity index (χ3v) is 5.29. The summed E-state index contributed by atoms with van der Waals surface area (Å²) < 4.78 is 5.26. The van der Waals surface area contributed by atoms with Crippen LogP contribution in [-0.2, 0) is 22.4 Å². The Bertz CT molecular complexity index is 1210. The maximum absolute atomic E-state index is 12.4. The van der Waals surface area contributed by atoms with Crippen LogP contribution in [0.1, 0.15) is 17.5 Å². The summed E-state index contributed by atoms with van der Waals surface area (Å²) in [6.45, 7) is 0. The molecule has 7 nitrogen and oxygen atoms in total. The molecular weight excluding hydrogens is 382 g/mol. The number of carboxylic acids is 1. The minimum atomic E-state index is -1.06. The van der Waals surface area contributed by atoms with Crippen LogP contribution in [0.3, 0.4) is 0 Å². The monoisotopic (exact) mass is 405 g/mol. The van der Waals surface area contributed by atoms with Gasteiger partial charge >= 0.3 is 5.97 Å². The van der Waals surface area contributed by atoms with E-state index in [0.29, 0.717) is 12.2 Å². The van der Waals surface area contributed by atoms with Crippen molar-refractivity contribution in [2.45, 2.75) is 25.3 Å². The number of fused-ring (bicyclic) bond motifs is 2. The lowest BCUT2D eigenvalue weighted by Crippen LogP contribution is -2.42. The van der Waals surface area contributed by atoms with Crippen LogP contribution in [0.25, 0.3) is 21.8 Å². The minimum absolute atomic E-state index is 0.184. The highest BCUT2D eigenvalue weighted by Gasteiger charge is 2.22. The Morgan fingerprint density at radius 1 is 1.10 bits per heavy atom. The molecule has 2 heterocycles. The van der Waals surface area contributed by atoms with Crippen molar-refractivity contribution >= 4 is 33.7 Å². The van der Waals surface area contributed by atoms with E-state index in [9.17, 15) is 14.7 Å². The van der Waals surface area contributed by atoms with Crippen molar-refractivity contribution in [2.75, 3.05) is 7.11 Å². The third-order valence-electron chi connectivity index (χ3n) is 5.29. The van der Waals surface area contributed by atoms with Crippen molar-refractivity contribution in [3.8, 4) is 5.75 Å². The smallest absolute Gasteiger partial charge is 0.326 e. The normalized spacial score (nSPS) is 12.2. The van der Waals surface area contributed by atoms with E-state index in [4.69, 9.17) is 4.74 Å². The second-order valence-corrected chi connectivity index (χ2v) is 7.29. The maximum atomic E-state index is 12.4. The largest absolute Gasteiger partial charge is 0.497 e. The second-order valence-electron chi connectivity index (χ2n) is 7.29. The highest BCUT2D eigenvalue weighted by atomic mass is 16.5. The standard InChI is InChI=1S/C23H23N3O4/c1-30-17-4-6-20-18(12-17)16(13-25-20)11-21(23(28)29)26-22(27)7-3-14-2-5-19-15(10-14)8-9-24-19/h2,4-6,8-10,12-13,21,24-25H,3,7,11H2,1H3,(H,26,27)(H,28,29). The summed E-state index contributed by atoms with van der Waals surface area (Å²) in [5.41, 5.74) is 3.79. The van der Waals surface area contributed by atoms with Crippen molar-refractivity contribution in [3.63, 3.8) is 0 Å². The number of aromatic amines is 2. The molecule has 0 aliphatic heterocycles. The van der Waals surface area contributed by atoms with Crippen LogP contribution in [0, 0.1) is 0 Å². The fraction of sp³-hybridized carbons (Fsp3) is 0.217. The zero-order valence-corrected chi connectivity index (χ0v) is 16.6. The van der Waals surface area contributed by atoms with E-state index < -0.39 is 12.0 Å². The summed E-state index contributed by atoms with van der Waals surface area (Å²) in [5, 5.41) is 14.3. The first-order valence-corrected chi connectivity index (χ1v) is 9.75. The molecule has 0 bridgehead atoms. The predicted molar refractivity (Wildman–Crippen MR) is 115 cm³/mol. The zero-order chi connectivity index (χ0) is 21.1. The molecule has 4 rings (SSSR count). The Hall–Kier alpha value is -3.74. The molecule has 0 saturated carbocycles. The maximum Gasteiger partial charge on any atom is 0.326 e. The van der Waals surface area contributed by atoms with Gasteiger partial charge in [-0.2, -0.15) is 0 Å². The Morgan fingerprint density at radius 3 is 2.73 bits per heavy atom. The molecule has 0 aliphatic rings. The zero-order valence-electron chi connectivity index (χ0n) is 16.6. The van der Waals surface area contributed by atoms with Crippen LogP contribution in [0.5, 0.6) is 5.75 Å². The van der Waals surface area contributed by atoms with Gasteiger partial charge in [0.2, 0.25) is 5.91 Å². The summed E-state index contributed by atoms with van der Waals surface area (Å²) in [4.78, 5) is 30.5. The number of hydrogen-bond acceptors (Lipinski definition) is 3. The molecule has 0 spiro atoms. The van der Waals surface area contributed by atoms with Gasteiger partial charge in [-0.1, -0.05) is 6.07 Å². The SMILES string of the molecule is COc1ccc2[nH]cc(CC(NC(=O)CCc3ccc4[nH]ccc4c3)C(=O)O)c2c1. The van der Waals surface area contributed by atoms with E-state index >= 15 is 0 Å². The van der Waals surface area contributed by atoms with Crippen LogP contribution in [0.15, 0.2) is 54.9 Å². The summed E-state index contributed by atoms with van der Waals surface area (Å²) >= 11 is 0. The number of amides is 1. The fourth-order valence-electron chi connectivity index (χ4n) is 3.66. The molecule has 4 N–H and O–H groups in total. The van der Waals surface area contributed by atoms with E-state index in [1.165, 1.54) is 0 Å². The number of benzene rings is 2. The average molecular weight is 405 g/mol. The van der Waals surface area contributed by atoms with Crippen LogP contribution < -0.4 is 10.1 Å². The quantitative estimate of drug-likeness (QED) is 0.360. The summed E-state index contributed by atoms with van der Waals surface area (Å²) in [6.07, 6.45) is 4.60. The van der Waals surface area contributed by atoms with Gasteiger partial charge in [-0.25, -0.2) is 4.79 Å². The number of hydrogen-bond donors (Lipinski definition) is 4. The van der Waals surface area contributed by atoms with Crippen molar-refractivity contribution in [2.24, 2.45) is 0 Å². The van der Waals surface area contributed by atoms with Gasteiger partial charge in [-0.3, -0.25) is 4.79 Å². The highest BCUT2D eigenvalue weighted by molar-refractivity contribution is 5.87. The number of carbonyl (C=O) groups excluding carboxylic acids is 1. The number of aliphatic carboxylic acids is 1. The molecular formula is C23H23N3O4. The number of methoxy groups -OCH3 is 1. The second kappa shape index (κ2) is 8.32. The van der Waals surface area contributed by atoms with Gasteiger partial charge in [0.05, 0.1) is 7.11 Å². The van der Waals surface area contributed by atoms with Gasteiger partial charge in [0.25, 0.3) is 0 Å². The van der Waals surface area contributed by atoms with Gasteiger partial charge in [-0.15, -0.1) is 0 Å². The van der Waals surface area contributed by atoms with E-state index in [-0.39, 0.29) is 18.7 Å². The van der Waals surface area contributed by atoms with Gasteiger partial charge in [-0.05, 0) is 59.3 Å². The number of H-pyrrole nitrogens is 2. The van der Waals surface area contributed by atoms with E-state index in [1.807, 2.05) is 48.7 Å². The lowest BCUT2D eigenvalue weighted by atomic mass is 10.0. The Labute approximate surface area is 173 Å². The van der Waals surface area contributed by atoms with E-state index in [2.05, 4.69) is 15.3 Å². The van der Waals surface area contributed by atoms with Crippen LogP contribution in [-0.4, -0.2) is 40.1 Å². The first kappa shape index (κ1) is 19.6. The molecule has 1 unspecified atom stereocenters. The lowest BCUT2D eigenvalue weighted by molar-refractivity contribution is -0.141. The van der Waals surface area contributed by atoms with Gasteiger partial charge < -0.3 is 25.1 Å². The predicted octanol–water partition coefficient (Wildman–Crippen LogP) is 3.40. The number of carboxylic acid groups (broad SMARTS) is 1. The number of carbonyl (C=O) groups is 2. The first-order valence-electron chi connectivity index (χ1n) is 9.75. The summed E-state index contributed by atoms with van der Waals surface area (Å²) in [7, 11) is 1.58. The summed E-state index contributed by atoms with van der Waals surface area (Å²) in [5.74, 6) is -0.651. The molecule has 0 saturated heterocycles. The van der Waals surface area contributed by atoms with Crippen molar-refractivity contribution in [1.82, 2.24) is 15.3 Å². The van der Waals surface area contributed by atoms with E-state index in [1.54, 1.807) is 13.3 Å². The Balaban J connectivity index is 1.41. The summed E-state index contributed by atoms with van der Waals surface area (Å²) in [6, 6.07) is 12.5. The minimum Gasteiger partial charge on any atom is -0.497 e. The number of ether oxygens (including phenoxy) is 1. The molecule has 154 valence electrons. The van der Waals surface area contributed by atoms with Gasteiger partial charge in [0.1, 0.15) is 11.8 Å². The topological polar surface area (TPSA) is 107 Å². The Morgan fingerprint density at radius 2 is 1.93 bits per heavy atom. The van der Waals surface area contributed by atoms with Gasteiger partial charge in [0.15, 0.2) is 0 Å². The fourth-order valence-corrected chi connectivity index (χ4v) is 3.66. The highest BCUT2D eigenvalue weighted by Crippen LogP contribution is 2.24. The van der Waals surface area contributed by atoms with Crippen LogP contribution in [0.4, 0.5) is 0 Å². The molecule has 1 amide bonds. The van der Waals surface area contributed by atoms with Crippen molar-refractivity contribution < 1.29 is 19.4 Å². The molecule has 0 aliphatic carbocycles. The van der Waals surface area contributed by atoms with E-state index in [0.717, 1.165) is 32.9 Å². The first-order chi connectivity index (χ1) is 14.5. The number of nitrogens with one attached hydrogen (secondary N) is 3.